The first-order chi connectivity index (χ1) is 13.3. The Kier molecular flexibility index (Phi) is 7.07. The lowest BCUT2D eigenvalue weighted by Crippen LogP contribution is -2.36. The summed E-state index contributed by atoms with van der Waals surface area (Å²) in [6.07, 6.45) is 1.35. The van der Waals surface area contributed by atoms with Crippen molar-refractivity contribution in [2.24, 2.45) is 5.10 Å². The van der Waals surface area contributed by atoms with Gasteiger partial charge in [0.1, 0.15) is 17.3 Å². The van der Waals surface area contributed by atoms with Crippen molar-refractivity contribution in [3.63, 3.8) is 0 Å². The third-order valence-corrected chi connectivity index (χ3v) is 5.54. The van der Waals surface area contributed by atoms with Gasteiger partial charge in [-0.25, -0.2) is 18.2 Å². The van der Waals surface area contributed by atoms with E-state index in [4.69, 9.17) is 9.47 Å². The molecule has 10 heteroatoms. The molecule has 0 unspecified atom stereocenters. The number of ether oxygens (including phenoxy) is 2. The van der Waals surface area contributed by atoms with Crippen molar-refractivity contribution in [2.75, 3.05) is 27.8 Å². The molecular weight excluding hydrogens is 389 g/mol. The fraction of sp³-hybridized carbons (Fsp3) is 0.222. The fourth-order valence-electron chi connectivity index (χ4n) is 2.22. The zero-order valence-corrected chi connectivity index (χ0v) is 16.4. The van der Waals surface area contributed by atoms with Crippen LogP contribution in [0.2, 0.25) is 0 Å². The minimum Gasteiger partial charge on any atom is -0.497 e. The molecule has 0 fully saturated rings. The van der Waals surface area contributed by atoms with Crippen molar-refractivity contribution in [1.82, 2.24) is 9.73 Å². The molecule has 0 aliphatic rings. The minimum absolute atomic E-state index is 0.117. The van der Waals surface area contributed by atoms with Crippen LogP contribution in [-0.2, 0) is 14.8 Å². The molecule has 0 bridgehead atoms. The summed E-state index contributed by atoms with van der Waals surface area (Å²) in [6, 6.07) is 9.40. The van der Waals surface area contributed by atoms with Gasteiger partial charge >= 0.3 is 0 Å². The van der Waals surface area contributed by atoms with E-state index in [-0.39, 0.29) is 4.90 Å². The number of carbonyl (C=O) groups excluding carboxylic acids is 1. The largest absolute Gasteiger partial charge is 0.497 e. The lowest BCUT2D eigenvalue weighted by molar-refractivity contribution is -0.121. The van der Waals surface area contributed by atoms with E-state index in [1.165, 1.54) is 27.5 Å². The number of likely N-dealkylation sites (N-methyl/N-ethyl adjacent to an activating group) is 1. The predicted octanol–water partition coefficient (Wildman–Crippen LogP) is 1.61. The molecule has 2 aromatic rings. The highest BCUT2D eigenvalue weighted by Gasteiger charge is 2.22. The molecule has 0 aromatic heterocycles. The first-order valence-electron chi connectivity index (χ1n) is 8.03. The Labute approximate surface area is 162 Å². The molecule has 0 saturated heterocycles. The molecule has 0 atom stereocenters. The quantitative estimate of drug-likeness (QED) is 0.528. The van der Waals surface area contributed by atoms with E-state index in [2.05, 4.69) is 10.5 Å². The van der Waals surface area contributed by atoms with Crippen LogP contribution in [-0.4, -0.2) is 52.7 Å². The summed E-state index contributed by atoms with van der Waals surface area (Å²) >= 11 is 0. The highest BCUT2D eigenvalue weighted by molar-refractivity contribution is 7.89. The van der Waals surface area contributed by atoms with Gasteiger partial charge in [-0.3, -0.25) is 4.79 Å². The summed E-state index contributed by atoms with van der Waals surface area (Å²) in [5.41, 5.74) is 2.82. The monoisotopic (exact) mass is 409 g/mol. The predicted molar refractivity (Wildman–Crippen MR) is 101 cm³/mol. The van der Waals surface area contributed by atoms with Gasteiger partial charge in [0.15, 0.2) is 0 Å². The molecule has 28 heavy (non-hydrogen) atoms. The Morgan fingerprint density at radius 3 is 2.46 bits per heavy atom. The second-order valence-electron chi connectivity index (χ2n) is 5.62. The number of sulfonamides is 1. The SMILES string of the molecule is COc1ccc(OC)c(/C=N\NC(=O)CN(C)S(=O)(=O)c2ccc(F)cc2)c1. The van der Waals surface area contributed by atoms with Crippen LogP contribution in [0.25, 0.3) is 0 Å². The van der Waals surface area contributed by atoms with Crippen molar-refractivity contribution in [3.05, 3.63) is 53.8 Å². The number of hydrogen-bond donors (Lipinski definition) is 1. The van der Waals surface area contributed by atoms with E-state index in [1.54, 1.807) is 18.2 Å². The zero-order valence-electron chi connectivity index (χ0n) is 15.5. The smallest absolute Gasteiger partial charge is 0.255 e. The van der Waals surface area contributed by atoms with Gasteiger partial charge < -0.3 is 9.47 Å². The summed E-state index contributed by atoms with van der Waals surface area (Å²) in [5.74, 6) is -0.0959. The summed E-state index contributed by atoms with van der Waals surface area (Å²) in [4.78, 5) is 11.9. The van der Waals surface area contributed by atoms with Crippen LogP contribution in [0.3, 0.4) is 0 Å². The molecule has 1 N–H and O–H groups in total. The van der Waals surface area contributed by atoms with Gasteiger partial charge in [0.05, 0.1) is 31.9 Å². The number of methoxy groups -OCH3 is 2. The van der Waals surface area contributed by atoms with E-state index in [1.807, 2.05) is 0 Å². The van der Waals surface area contributed by atoms with Crippen LogP contribution in [0, 0.1) is 5.82 Å². The van der Waals surface area contributed by atoms with Crippen molar-refractivity contribution in [3.8, 4) is 11.5 Å². The standard InChI is InChI=1S/C18H20FN3O5S/c1-22(28(24,25)16-7-4-14(19)5-8-16)12-18(23)21-20-11-13-10-15(26-2)6-9-17(13)27-3/h4-11H,12H2,1-3H3,(H,21,23)/b20-11-. The molecule has 0 radical (unpaired) electrons. The van der Waals surface area contributed by atoms with E-state index < -0.39 is 28.3 Å². The average Bonchev–Trinajstić information content (AvgIpc) is 2.68. The maximum atomic E-state index is 13.0. The van der Waals surface area contributed by atoms with E-state index in [0.29, 0.717) is 17.1 Å². The Hall–Kier alpha value is -2.98. The lowest BCUT2D eigenvalue weighted by atomic mass is 10.2. The Balaban J connectivity index is 2.02. The molecule has 150 valence electrons. The van der Waals surface area contributed by atoms with Gasteiger partial charge in [-0.2, -0.15) is 9.41 Å². The van der Waals surface area contributed by atoms with Gasteiger partial charge in [0.2, 0.25) is 10.0 Å². The number of halogens is 1. The molecule has 2 aromatic carbocycles. The van der Waals surface area contributed by atoms with Gasteiger partial charge in [0.25, 0.3) is 5.91 Å². The lowest BCUT2D eigenvalue weighted by Gasteiger charge is -2.16. The number of amides is 1. The molecule has 0 spiro atoms. The van der Waals surface area contributed by atoms with Crippen molar-refractivity contribution >= 4 is 22.1 Å². The number of hydrogen-bond acceptors (Lipinski definition) is 6. The summed E-state index contributed by atoms with van der Waals surface area (Å²) in [5, 5.41) is 3.81. The molecule has 0 heterocycles. The molecule has 8 nitrogen and oxygen atoms in total. The first kappa shape index (κ1) is 21.3. The van der Waals surface area contributed by atoms with Gasteiger partial charge in [-0.05, 0) is 42.5 Å². The fourth-order valence-corrected chi connectivity index (χ4v) is 3.35. The summed E-state index contributed by atoms with van der Waals surface area (Å²) in [6.45, 7) is -0.466. The minimum atomic E-state index is -3.93. The highest BCUT2D eigenvalue weighted by atomic mass is 32.2. The van der Waals surface area contributed by atoms with Crippen LogP contribution < -0.4 is 14.9 Å². The maximum absolute atomic E-state index is 13.0. The second kappa shape index (κ2) is 9.29. The summed E-state index contributed by atoms with van der Waals surface area (Å²) in [7, 11) is 0.322. The zero-order chi connectivity index (χ0) is 20.7. The topological polar surface area (TPSA) is 97.3 Å². The maximum Gasteiger partial charge on any atom is 0.255 e. The third-order valence-electron chi connectivity index (χ3n) is 3.72. The third kappa shape index (κ3) is 5.27. The molecule has 1 amide bonds. The second-order valence-corrected chi connectivity index (χ2v) is 7.66. The molecule has 0 aliphatic carbocycles. The molecular formula is C18H20FN3O5S. The normalized spacial score (nSPS) is 11.6. The Bertz CT molecular complexity index is 962. The highest BCUT2D eigenvalue weighted by Crippen LogP contribution is 2.22. The van der Waals surface area contributed by atoms with E-state index in [0.717, 1.165) is 28.6 Å². The van der Waals surface area contributed by atoms with Crippen molar-refractivity contribution in [1.29, 1.82) is 0 Å². The van der Waals surface area contributed by atoms with Crippen LogP contribution in [0.1, 0.15) is 5.56 Å². The van der Waals surface area contributed by atoms with E-state index >= 15 is 0 Å². The first-order valence-corrected chi connectivity index (χ1v) is 9.47. The molecule has 2 rings (SSSR count). The average molecular weight is 409 g/mol. The van der Waals surface area contributed by atoms with Crippen molar-refractivity contribution in [2.45, 2.75) is 4.90 Å². The summed E-state index contributed by atoms with van der Waals surface area (Å²) < 4.78 is 48.9. The molecule has 0 aliphatic heterocycles. The number of hydrazone groups is 1. The van der Waals surface area contributed by atoms with Crippen LogP contribution in [0.4, 0.5) is 4.39 Å². The van der Waals surface area contributed by atoms with Gasteiger partial charge in [-0.1, -0.05) is 0 Å². The van der Waals surface area contributed by atoms with E-state index in [9.17, 15) is 17.6 Å². The number of carbonyl (C=O) groups is 1. The Morgan fingerprint density at radius 2 is 1.86 bits per heavy atom. The number of nitrogens with zero attached hydrogens (tertiary/aromatic N) is 2. The van der Waals surface area contributed by atoms with Crippen molar-refractivity contribution < 1.29 is 27.1 Å². The van der Waals surface area contributed by atoms with Gasteiger partial charge in [0, 0.05) is 12.6 Å². The van der Waals surface area contributed by atoms with Crippen LogP contribution >= 0.6 is 0 Å². The number of rotatable bonds is 8. The number of benzene rings is 2. The van der Waals surface area contributed by atoms with Crippen LogP contribution in [0.5, 0.6) is 11.5 Å². The number of nitrogens with one attached hydrogen (secondary N) is 1. The molecule has 0 saturated carbocycles. The Morgan fingerprint density at radius 1 is 1.18 bits per heavy atom. The van der Waals surface area contributed by atoms with Gasteiger partial charge in [-0.15, -0.1) is 0 Å². The van der Waals surface area contributed by atoms with Crippen LogP contribution in [0.15, 0.2) is 52.5 Å².